The normalized spacial score (nSPS) is 21.7. The Balaban J connectivity index is 2.63. The molecule has 1 atom stereocenters. The number of hydrogen-bond acceptors (Lipinski definition) is 4. The highest BCUT2D eigenvalue weighted by atomic mass is 35.5. The minimum atomic E-state index is -0.556. The quantitative estimate of drug-likeness (QED) is 0.636. The SMILES string of the molecule is CC(C)(C)CC(C)(C)NN1C=NC(Cl)=NC1Cl. The monoisotopic (exact) mass is 278 g/mol. The Morgan fingerprint density at radius 1 is 1.35 bits per heavy atom. The number of hydrogen-bond donors (Lipinski definition) is 1. The summed E-state index contributed by atoms with van der Waals surface area (Å²) in [6, 6.07) is 0. The summed E-state index contributed by atoms with van der Waals surface area (Å²) in [5.41, 5.74) is 2.88. The van der Waals surface area contributed by atoms with E-state index in [1.165, 1.54) is 0 Å². The molecular weight excluding hydrogens is 259 g/mol. The lowest BCUT2D eigenvalue weighted by molar-refractivity contribution is 0.145. The molecule has 0 radical (unpaired) electrons. The predicted octanol–water partition coefficient (Wildman–Crippen LogP) is 3.17. The zero-order valence-corrected chi connectivity index (χ0v) is 12.5. The lowest BCUT2D eigenvalue weighted by atomic mass is 9.82. The van der Waals surface area contributed by atoms with Gasteiger partial charge >= 0.3 is 0 Å². The van der Waals surface area contributed by atoms with Crippen LogP contribution < -0.4 is 5.43 Å². The lowest BCUT2D eigenvalue weighted by Gasteiger charge is -2.38. The Hall–Kier alpha value is -0.320. The largest absolute Gasteiger partial charge is 0.259 e. The van der Waals surface area contributed by atoms with Gasteiger partial charge in [-0.25, -0.2) is 15.4 Å². The molecule has 1 unspecified atom stereocenters. The Morgan fingerprint density at radius 3 is 2.41 bits per heavy atom. The summed E-state index contributed by atoms with van der Waals surface area (Å²) in [4.78, 5) is 7.87. The molecule has 1 rings (SSSR count). The number of halogens is 2. The molecule has 1 heterocycles. The second-order valence-electron chi connectivity index (χ2n) is 6.09. The molecule has 0 amide bonds. The standard InChI is InChI=1S/C11H20Cl2N4/c1-10(2,3)6-11(4,5)16-17-7-14-8(12)15-9(17)13/h7,9,16H,6H2,1-5H3. The van der Waals surface area contributed by atoms with Gasteiger partial charge in [-0.15, -0.1) is 0 Å². The molecular formula is C11H20Cl2N4. The van der Waals surface area contributed by atoms with Crippen LogP contribution in [-0.2, 0) is 0 Å². The van der Waals surface area contributed by atoms with Gasteiger partial charge in [0, 0.05) is 5.54 Å². The summed E-state index contributed by atoms with van der Waals surface area (Å²) >= 11 is 11.7. The van der Waals surface area contributed by atoms with Gasteiger partial charge in [0.2, 0.25) is 10.9 Å². The minimum absolute atomic E-state index is 0.100. The summed E-state index contributed by atoms with van der Waals surface area (Å²) in [6.45, 7) is 10.8. The van der Waals surface area contributed by atoms with E-state index in [9.17, 15) is 0 Å². The summed E-state index contributed by atoms with van der Waals surface area (Å²) in [5.74, 6) is 0. The van der Waals surface area contributed by atoms with E-state index in [1.807, 2.05) is 0 Å². The first-order valence-electron chi connectivity index (χ1n) is 5.57. The third-order valence-corrected chi connectivity index (χ3v) is 2.64. The maximum absolute atomic E-state index is 6.06. The molecule has 0 aromatic heterocycles. The lowest BCUT2D eigenvalue weighted by Crippen LogP contribution is -2.54. The van der Waals surface area contributed by atoms with Crippen molar-refractivity contribution in [3.05, 3.63) is 0 Å². The molecule has 98 valence electrons. The van der Waals surface area contributed by atoms with Crippen LogP contribution in [0.5, 0.6) is 0 Å². The molecule has 0 saturated heterocycles. The summed E-state index contributed by atoms with van der Waals surface area (Å²) in [7, 11) is 0. The van der Waals surface area contributed by atoms with Crippen LogP contribution in [-0.4, -0.2) is 27.8 Å². The van der Waals surface area contributed by atoms with Crippen LogP contribution in [0.3, 0.4) is 0 Å². The van der Waals surface area contributed by atoms with Gasteiger partial charge in [-0.1, -0.05) is 32.4 Å². The van der Waals surface area contributed by atoms with Crippen LogP contribution in [0.4, 0.5) is 0 Å². The first-order valence-corrected chi connectivity index (χ1v) is 6.38. The fourth-order valence-corrected chi connectivity index (χ4v) is 2.52. The van der Waals surface area contributed by atoms with E-state index in [0.29, 0.717) is 0 Å². The third-order valence-electron chi connectivity index (χ3n) is 2.14. The molecule has 1 aliphatic rings. The van der Waals surface area contributed by atoms with Crippen LogP contribution in [0, 0.1) is 5.41 Å². The maximum Gasteiger partial charge on any atom is 0.222 e. The highest BCUT2D eigenvalue weighted by Crippen LogP contribution is 2.27. The first-order chi connectivity index (χ1) is 7.59. The molecule has 0 bridgehead atoms. The van der Waals surface area contributed by atoms with E-state index in [4.69, 9.17) is 23.2 Å². The second kappa shape index (κ2) is 5.12. The molecule has 4 nitrogen and oxygen atoms in total. The van der Waals surface area contributed by atoms with E-state index in [0.717, 1.165) is 6.42 Å². The van der Waals surface area contributed by atoms with Crippen molar-refractivity contribution in [2.24, 2.45) is 15.4 Å². The minimum Gasteiger partial charge on any atom is -0.259 e. The Morgan fingerprint density at radius 2 is 1.94 bits per heavy atom. The number of aliphatic imine (C=N–C) groups is 2. The smallest absolute Gasteiger partial charge is 0.222 e. The van der Waals surface area contributed by atoms with Gasteiger partial charge in [-0.3, -0.25) is 5.01 Å². The average Bonchev–Trinajstić information content (AvgIpc) is 2.05. The number of nitrogens with one attached hydrogen (secondary N) is 1. The average molecular weight is 279 g/mol. The van der Waals surface area contributed by atoms with Crippen molar-refractivity contribution in [1.29, 1.82) is 0 Å². The van der Waals surface area contributed by atoms with Gasteiger partial charge in [-0.2, -0.15) is 0 Å². The van der Waals surface area contributed by atoms with Crippen molar-refractivity contribution in [2.75, 3.05) is 0 Å². The van der Waals surface area contributed by atoms with Gasteiger partial charge in [0.25, 0.3) is 0 Å². The zero-order chi connectivity index (χ0) is 13.3. The molecule has 0 fully saturated rings. The predicted molar refractivity (Wildman–Crippen MR) is 74.5 cm³/mol. The van der Waals surface area contributed by atoms with Gasteiger partial charge in [-0.05, 0) is 37.3 Å². The number of hydrazine groups is 1. The first kappa shape index (κ1) is 14.7. The second-order valence-corrected chi connectivity index (χ2v) is 6.82. The molecule has 0 saturated carbocycles. The third kappa shape index (κ3) is 5.23. The van der Waals surface area contributed by atoms with Crippen molar-refractivity contribution in [1.82, 2.24) is 10.4 Å². The van der Waals surface area contributed by atoms with Crippen molar-refractivity contribution in [3.63, 3.8) is 0 Å². The maximum atomic E-state index is 6.06. The Bertz CT molecular complexity index is 331. The van der Waals surface area contributed by atoms with Crippen LogP contribution >= 0.6 is 23.2 Å². The van der Waals surface area contributed by atoms with Crippen molar-refractivity contribution >= 4 is 34.8 Å². The van der Waals surface area contributed by atoms with Crippen LogP contribution in [0.1, 0.15) is 41.0 Å². The highest BCUT2D eigenvalue weighted by molar-refractivity contribution is 6.65. The molecule has 6 heteroatoms. The topological polar surface area (TPSA) is 40.0 Å². The number of alkyl halides is 1. The van der Waals surface area contributed by atoms with Gasteiger partial charge in [0.05, 0.1) is 0 Å². The van der Waals surface area contributed by atoms with Crippen LogP contribution in [0.15, 0.2) is 9.98 Å². The van der Waals surface area contributed by atoms with Gasteiger partial charge in [0.1, 0.15) is 6.34 Å². The van der Waals surface area contributed by atoms with Gasteiger partial charge in [0.15, 0.2) is 0 Å². The molecule has 0 aromatic carbocycles. The van der Waals surface area contributed by atoms with E-state index in [1.54, 1.807) is 11.3 Å². The Labute approximate surface area is 113 Å². The van der Waals surface area contributed by atoms with E-state index in [-0.39, 0.29) is 16.2 Å². The van der Waals surface area contributed by atoms with Crippen LogP contribution in [0.2, 0.25) is 0 Å². The van der Waals surface area contributed by atoms with E-state index in [2.05, 4.69) is 50.0 Å². The van der Waals surface area contributed by atoms with E-state index >= 15 is 0 Å². The molecule has 17 heavy (non-hydrogen) atoms. The number of rotatable bonds is 3. The van der Waals surface area contributed by atoms with Crippen molar-refractivity contribution in [3.8, 4) is 0 Å². The highest BCUT2D eigenvalue weighted by Gasteiger charge is 2.29. The molecule has 0 spiro atoms. The summed E-state index contributed by atoms with van der Waals surface area (Å²) < 4.78 is 0. The summed E-state index contributed by atoms with van der Waals surface area (Å²) in [5, 5.41) is 1.84. The zero-order valence-electron chi connectivity index (χ0n) is 11.0. The van der Waals surface area contributed by atoms with E-state index < -0.39 is 5.62 Å². The van der Waals surface area contributed by atoms with Crippen LogP contribution in [0.25, 0.3) is 0 Å². The summed E-state index contributed by atoms with van der Waals surface area (Å²) in [6.07, 6.45) is 2.56. The fourth-order valence-electron chi connectivity index (χ4n) is 2.15. The Kier molecular flexibility index (Phi) is 4.44. The molecule has 0 aromatic rings. The van der Waals surface area contributed by atoms with Gasteiger partial charge < -0.3 is 0 Å². The van der Waals surface area contributed by atoms with Crippen molar-refractivity contribution < 1.29 is 0 Å². The van der Waals surface area contributed by atoms with Crippen molar-refractivity contribution in [2.45, 2.75) is 52.2 Å². The molecule has 1 N–H and O–H groups in total. The molecule has 0 aliphatic carbocycles. The number of nitrogens with zero attached hydrogens (tertiary/aromatic N) is 3. The number of amidine groups is 1. The fraction of sp³-hybridized carbons (Fsp3) is 0.818. The molecule has 1 aliphatic heterocycles.